The van der Waals surface area contributed by atoms with E-state index in [1.54, 1.807) is 6.92 Å². The fraction of sp³-hybridized carbons (Fsp3) is 0.294. The van der Waals surface area contributed by atoms with Crippen molar-refractivity contribution in [3.63, 3.8) is 0 Å². The van der Waals surface area contributed by atoms with Gasteiger partial charge in [-0.2, -0.15) is 0 Å². The SMILES string of the molecule is Cc1cc(F)c(NC2CC(c3cccc(Br)c3)C2)cc1F. The summed E-state index contributed by atoms with van der Waals surface area (Å²) in [6.07, 6.45) is 1.87. The van der Waals surface area contributed by atoms with Crippen molar-refractivity contribution in [3.8, 4) is 0 Å². The van der Waals surface area contributed by atoms with Crippen LogP contribution in [0, 0.1) is 18.6 Å². The van der Waals surface area contributed by atoms with E-state index in [0.717, 1.165) is 17.3 Å². The summed E-state index contributed by atoms with van der Waals surface area (Å²) in [5.41, 5.74) is 1.88. The fourth-order valence-electron chi connectivity index (χ4n) is 2.75. The van der Waals surface area contributed by atoms with Gasteiger partial charge in [-0.1, -0.05) is 28.1 Å². The summed E-state index contributed by atoms with van der Waals surface area (Å²) in [5.74, 6) is -0.278. The van der Waals surface area contributed by atoms with Crippen LogP contribution >= 0.6 is 15.9 Å². The van der Waals surface area contributed by atoms with Crippen LogP contribution in [0.3, 0.4) is 0 Å². The topological polar surface area (TPSA) is 12.0 Å². The number of nitrogens with one attached hydrogen (secondary N) is 1. The molecule has 0 atom stereocenters. The van der Waals surface area contributed by atoms with Crippen LogP contribution in [0.4, 0.5) is 14.5 Å². The first kappa shape index (κ1) is 14.5. The molecule has 4 heteroatoms. The summed E-state index contributed by atoms with van der Waals surface area (Å²) in [5, 5.41) is 3.10. The number of halogens is 3. The normalized spacial score (nSPS) is 21.0. The van der Waals surface area contributed by atoms with Gasteiger partial charge < -0.3 is 5.32 Å². The summed E-state index contributed by atoms with van der Waals surface area (Å²) in [6.45, 7) is 1.56. The Hall–Kier alpha value is -1.42. The van der Waals surface area contributed by atoms with Gasteiger partial charge in [-0.3, -0.25) is 0 Å². The number of rotatable bonds is 3. The second kappa shape index (κ2) is 5.76. The van der Waals surface area contributed by atoms with Crippen molar-refractivity contribution >= 4 is 21.6 Å². The molecule has 0 amide bonds. The second-order valence-electron chi connectivity index (χ2n) is 5.65. The highest BCUT2D eigenvalue weighted by Gasteiger charge is 2.30. The van der Waals surface area contributed by atoms with Crippen molar-refractivity contribution in [2.45, 2.75) is 31.7 Å². The van der Waals surface area contributed by atoms with Crippen molar-refractivity contribution in [2.24, 2.45) is 0 Å². The van der Waals surface area contributed by atoms with E-state index in [2.05, 4.69) is 33.4 Å². The molecule has 1 aliphatic rings. The molecule has 0 unspecified atom stereocenters. The minimum absolute atomic E-state index is 0.200. The van der Waals surface area contributed by atoms with Crippen molar-refractivity contribution in [1.82, 2.24) is 0 Å². The minimum Gasteiger partial charge on any atom is -0.380 e. The molecule has 0 spiro atoms. The van der Waals surface area contributed by atoms with E-state index in [9.17, 15) is 8.78 Å². The van der Waals surface area contributed by atoms with Crippen LogP contribution in [0.5, 0.6) is 0 Å². The molecule has 1 nitrogen and oxygen atoms in total. The molecule has 21 heavy (non-hydrogen) atoms. The van der Waals surface area contributed by atoms with Crippen molar-refractivity contribution in [2.75, 3.05) is 5.32 Å². The summed E-state index contributed by atoms with van der Waals surface area (Å²) in [7, 11) is 0. The van der Waals surface area contributed by atoms with Gasteiger partial charge in [-0.25, -0.2) is 8.78 Å². The van der Waals surface area contributed by atoms with Crippen LogP contribution in [0.25, 0.3) is 0 Å². The number of hydrogen-bond acceptors (Lipinski definition) is 1. The average molecular weight is 352 g/mol. The molecular formula is C17H16BrF2N. The Bertz CT molecular complexity index is 666. The molecule has 0 aromatic heterocycles. The lowest BCUT2D eigenvalue weighted by atomic mass is 9.76. The average Bonchev–Trinajstić information content (AvgIpc) is 2.39. The highest BCUT2D eigenvalue weighted by Crippen LogP contribution is 2.39. The highest BCUT2D eigenvalue weighted by molar-refractivity contribution is 9.10. The van der Waals surface area contributed by atoms with Crippen molar-refractivity contribution in [3.05, 3.63) is 63.6 Å². The molecule has 1 aliphatic carbocycles. The highest BCUT2D eigenvalue weighted by atomic mass is 79.9. The van der Waals surface area contributed by atoms with E-state index >= 15 is 0 Å². The molecule has 2 aromatic rings. The van der Waals surface area contributed by atoms with Crippen LogP contribution in [-0.2, 0) is 0 Å². The van der Waals surface area contributed by atoms with Crippen LogP contribution in [-0.4, -0.2) is 6.04 Å². The maximum absolute atomic E-state index is 13.8. The molecule has 0 saturated heterocycles. The van der Waals surface area contributed by atoms with E-state index in [1.807, 2.05) is 12.1 Å². The largest absolute Gasteiger partial charge is 0.380 e. The van der Waals surface area contributed by atoms with Crippen LogP contribution in [0.1, 0.15) is 29.9 Å². The van der Waals surface area contributed by atoms with Gasteiger partial charge in [0.1, 0.15) is 11.6 Å². The molecule has 1 fully saturated rings. The van der Waals surface area contributed by atoms with Gasteiger partial charge >= 0.3 is 0 Å². The maximum atomic E-state index is 13.8. The Morgan fingerprint density at radius 3 is 2.57 bits per heavy atom. The lowest BCUT2D eigenvalue weighted by Gasteiger charge is -2.37. The minimum atomic E-state index is -0.389. The summed E-state index contributed by atoms with van der Waals surface area (Å²) >= 11 is 3.47. The van der Waals surface area contributed by atoms with Gasteiger partial charge in [-0.05, 0) is 55.0 Å². The Morgan fingerprint density at radius 1 is 1.10 bits per heavy atom. The molecular weight excluding hydrogens is 336 g/mol. The van der Waals surface area contributed by atoms with Gasteiger partial charge in [0.25, 0.3) is 0 Å². The van der Waals surface area contributed by atoms with Gasteiger partial charge in [0, 0.05) is 16.6 Å². The standard InChI is InChI=1S/C17H16BrF2N/c1-10-5-16(20)17(9-15(10)19)21-14-7-12(8-14)11-3-2-4-13(18)6-11/h2-6,9,12,14,21H,7-8H2,1H3. The third-order valence-electron chi connectivity index (χ3n) is 4.07. The van der Waals surface area contributed by atoms with Crippen LogP contribution in [0.2, 0.25) is 0 Å². The fourth-order valence-corrected chi connectivity index (χ4v) is 3.16. The van der Waals surface area contributed by atoms with E-state index in [-0.39, 0.29) is 23.4 Å². The monoisotopic (exact) mass is 351 g/mol. The number of anilines is 1. The first-order valence-electron chi connectivity index (χ1n) is 7.00. The van der Waals surface area contributed by atoms with Crippen LogP contribution < -0.4 is 5.32 Å². The smallest absolute Gasteiger partial charge is 0.146 e. The van der Waals surface area contributed by atoms with E-state index < -0.39 is 0 Å². The zero-order chi connectivity index (χ0) is 15.0. The van der Waals surface area contributed by atoms with Gasteiger partial charge in [0.05, 0.1) is 5.69 Å². The van der Waals surface area contributed by atoms with Gasteiger partial charge in [0.2, 0.25) is 0 Å². The second-order valence-corrected chi connectivity index (χ2v) is 6.56. The zero-order valence-electron chi connectivity index (χ0n) is 11.7. The van der Waals surface area contributed by atoms with E-state index in [4.69, 9.17) is 0 Å². The Kier molecular flexibility index (Phi) is 3.98. The summed E-state index contributed by atoms with van der Waals surface area (Å²) in [6, 6.07) is 10.9. The summed E-state index contributed by atoms with van der Waals surface area (Å²) < 4.78 is 28.4. The molecule has 0 radical (unpaired) electrons. The summed E-state index contributed by atoms with van der Waals surface area (Å²) in [4.78, 5) is 0. The van der Waals surface area contributed by atoms with Crippen molar-refractivity contribution in [1.29, 1.82) is 0 Å². The first-order chi connectivity index (χ1) is 10.0. The molecule has 0 bridgehead atoms. The van der Waals surface area contributed by atoms with E-state index in [1.165, 1.54) is 17.7 Å². The zero-order valence-corrected chi connectivity index (χ0v) is 13.3. The molecule has 3 rings (SSSR count). The quantitative estimate of drug-likeness (QED) is 0.781. The predicted octanol–water partition coefficient (Wildman–Crippen LogP) is 5.39. The Balaban J connectivity index is 1.64. The van der Waals surface area contributed by atoms with Crippen molar-refractivity contribution < 1.29 is 8.78 Å². The first-order valence-corrected chi connectivity index (χ1v) is 7.80. The number of aryl methyl sites for hydroxylation is 1. The molecule has 0 heterocycles. The molecule has 1 N–H and O–H groups in total. The molecule has 1 saturated carbocycles. The molecule has 0 aliphatic heterocycles. The third-order valence-corrected chi connectivity index (χ3v) is 4.56. The Labute approximate surface area is 131 Å². The van der Waals surface area contributed by atoms with Crippen LogP contribution in [0.15, 0.2) is 40.9 Å². The Morgan fingerprint density at radius 2 is 1.86 bits per heavy atom. The maximum Gasteiger partial charge on any atom is 0.146 e. The molecule has 110 valence electrons. The number of hydrogen-bond donors (Lipinski definition) is 1. The lowest BCUT2D eigenvalue weighted by molar-refractivity contribution is 0.372. The third kappa shape index (κ3) is 3.10. The van der Waals surface area contributed by atoms with Gasteiger partial charge in [-0.15, -0.1) is 0 Å². The molecule has 2 aromatic carbocycles. The van der Waals surface area contributed by atoms with E-state index in [0.29, 0.717) is 11.5 Å². The predicted molar refractivity (Wildman–Crippen MR) is 84.6 cm³/mol. The number of benzene rings is 2. The van der Waals surface area contributed by atoms with Gasteiger partial charge in [0.15, 0.2) is 0 Å². The lowest BCUT2D eigenvalue weighted by Crippen LogP contribution is -2.34.